The molecule has 2 heterocycles. The Hall–Kier alpha value is -2.87. The number of piperidine rings is 1. The largest absolute Gasteiger partial charge is 0.472 e. The summed E-state index contributed by atoms with van der Waals surface area (Å²) < 4.78 is 19.2. The summed E-state index contributed by atoms with van der Waals surface area (Å²) in [6.07, 6.45) is 3.61. The van der Waals surface area contributed by atoms with Crippen molar-refractivity contribution in [2.75, 3.05) is 24.5 Å². The van der Waals surface area contributed by atoms with E-state index in [1.54, 1.807) is 12.1 Å². The number of nitrogens with one attached hydrogen (secondary N) is 2. The molecule has 1 fully saturated rings. The van der Waals surface area contributed by atoms with Crippen molar-refractivity contribution in [1.82, 2.24) is 10.6 Å². The molecule has 27 heavy (non-hydrogen) atoms. The lowest BCUT2D eigenvalue weighted by molar-refractivity contribution is -0.120. The molecular weight excluding hydrogens is 353 g/mol. The SMILES string of the molecule is O=C(CNC(=O)c1ccoc1)NCc1ccc(N2CCC(O)CC2)c(F)c1. The number of carbonyl (C=O) groups excluding carboxylic acids is 2. The van der Waals surface area contributed by atoms with Gasteiger partial charge >= 0.3 is 0 Å². The number of aliphatic hydroxyl groups is 1. The third-order valence-corrected chi connectivity index (χ3v) is 4.50. The molecule has 0 spiro atoms. The fraction of sp³-hybridized carbons (Fsp3) is 0.368. The Balaban J connectivity index is 1.47. The van der Waals surface area contributed by atoms with Crippen LogP contribution >= 0.6 is 0 Å². The van der Waals surface area contributed by atoms with Crippen LogP contribution in [0.1, 0.15) is 28.8 Å². The summed E-state index contributed by atoms with van der Waals surface area (Å²) in [5.41, 5.74) is 1.47. The Morgan fingerprint density at radius 3 is 2.67 bits per heavy atom. The van der Waals surface area contributed by atoms with Gasteiger partial charge in [0.25, 0.3) is 5.91 Å². The first-order valence-corrected chi connectivity index (χ1v) is 8.81. The van der Waals surface area contributed by atoms with E-state index < -0.39 is 5.91 Å². The van der Waals surface area contributed by atoms with Crippen molar-refractivity contribution < 1.29 is 23.5 Å². The van der Waals surface area contributed by atoms with E-state index in [1.165, 1.54) is 24.7 Å². The Morgan fingerprint density at radius 1 is 1.22 bits per heavy atom. The van der Waals surface area contributed by atoms with Crippen LogP contribution in [0.25, 0.3) is 0 Å². The maximum absolute atomic E-state index is 14.4. The Bertz CT molecular complexity index is 786. The first-order valence-electron chi connectivity index (χ1n) is 8.81. The number of amides is 2. The third-order valence-electron chi connectivity index (χ3n) is 4.50. The molecule has 3 N–H and O–H groups in total. The molecule has 1 aromatic heterocycles. The van der Waals surface area contributed by atoms with E-state index in [9.17, 15) is 19.1 Å². The molecule has 0 unspecified atom stereocenters. The molecule has 0 atom stereocenters. The van der Waals surface area contributed by atoms with E-state index in [1.807, 2.05) is 4.90 Å². The summed E-state index contributed by atoms with van der Waals surface area (Å²) in [6.45, 7) is 1.21. The van der Waals surface area contributed by atoms with Crippen LogP contribution in [0.3, 0.4) is 0 Å². The topological polar surface area (TPSA) is 94.8 Å². The summed E-state index contributed by atoms with van der Waals surface area (Å²) in [5.74, 6) is -1.13. The number of aliphatic hydroxyl groups excluding tert-OH is 1. The molecule has 1 aromatic carbocycles. The minimum absolute atomic E-state index is 0.163. The van der Waals surface area contributed by atoms with E-state index in [0.29, 0.717) is 42.7 Å². The minimum Gasteiger partial charge on any atom is -0.472 e. The fourth-order valence-corrected chi connectivity index (χ4v) is 2.94. The van der Waals surface area contributed by atoms with Crippen molar-refractivity contribution in [3.05, 3.63) is 53.7 Å². The van der Waals surface area contributed by atoms with E-state index in [0.717, 1.165) is 0 Å². The lowest BCUT2D eigenvalue weighted by Crippen LogP contribution is -2.37. The highest BCUT2D eigenvalue weighted by Gasteiger charge is 2.19. The van der Waals surface area contributed by atoms with Gasteiger partial charge in [-0.15, -0.1) is 0 Å². The maximum atomic E-state index is 14.4. The summed E-state index contributed by atoms with van der Waals surface area (Å²) in [7, 11) is 0. The molecule has 8 heteroatoms. The van der Waals surface area contributed by atoms with Crippen molar-refractivity contribution in [2.45, 2.75) is 25.5 Å². The van der Waals surface area contributed by atoms with Gasteiger partial charge in [-0.05, 0) is 36.6 Å². The average Bonchev–Trinajstić information content (AvgIpc) is 3.20. The standard InChI is InChI=1S/C19H22FN3O4/c20-16-9-13(1-2-17(16)23-6-3-15(24)4-7-23)10-21-18(25)11-22-19(26)14-5-8-27-12-14/h1-2,5,8-9,12,15,24H,3-4,6-7,10-11H2,(H,21,25)(H,22,26). The lowest BCUT2D eigenvalue weighted by atomic mass is 10.1. The van der Waals surface area contributed by atoms with Crippen molar-refractivity contribution >= 4 is 17.5 Å². The van der Waals surface area contributed by atoms with Gasteiger partial charge in [0.05, 0.1) is 30.2 Å². The summed E-state index contributed by atoms with van der Waals surface area (Å²) in [4.78, 5) is 25.5. The second kappa shape index (κ2) is 8.68. The van der Waals surface area contributed by atoms with Gasteiger partial charge in [-0.2, -0.15) is 0 Å². The second-order valence-corrected chi connectivity index (χ2v) is 6.48. The van der Waals surface area contributed by atoms with Gasteiger partial charge in [-0.1, -0.05) is 6.07 Å². The number of hydrogen-bond acceptors (Lipinski definition) is 5. The average molecular weight is 375 g/mol. The molecule has 1 saturated heterocycles. The highest BCUT2D eigenvalue weighted by molar-refractivity contribution is 5.96. The van der Waals surface area contributed by atoms with E-state index in [4.69, 9.17) is 4.42 Å². The number of furan rings is 1. The molecule has 144 valence electrons. The van der Waals surface area contributed by atoms with Crippen LogP contribution in [-0.4, -0.2) is 42.7 Å². The van der Waals surface area contributed by atoms with Crippen molar-refractivity contribution in [3.8, 4) is 0 Å². The Kier molecular flexibility index (Phi) is 6.08. The Labute approximate surface area is 156 Å². The molecule has 7 nitrogen and oxygen atoms in total. The number of hydrogen-bond donors (Lipinski definition) is 3. The summed E-state index contributed by atoms with van der Waals surface area (Å²) in [5, 5.41) is 14.7. The number of anilines is 1. The maximum Gasteiger partial charge on any atom is 0.254 e. The predicted molar refractivity (Wildman–Crippen MR) is 96.7 cm³/mol. The van der Waals surface area contributed by atoms with Crippen LogP contribution < -0.4 is 15.5 Å². The molecule has 0 bridgehead atoms. The molecule has 1 aliphatic rings. The summed E-state index contributed by atoms with van der Waals surface area (Å²) in [6, 6.07) is 6.34. The quantitative estimate of drug-likeness (QED) is 0.710. The van der Waals surface area contributed by atoms with Crippen LogP contribution in [0.2, 0.25) is 0 Å². The van der Waals surface area contributed by atoms with Crippen LogP contribution in [0.4, 0.5) is 10.1 Å². The minimum atomic E-state index is -0.402. The van der Waals surface area contributed by atoms with E-state index in [2.05, 4.69) is 10.6 Å². The van der Waals surface area contributed by atoms with Gasteiger partial charge in [-0.25, -0.2) is 4.39 Å². The molecule has 0 saturated carbocycles. The monoisotopic (exact) mass is 375 g/mol. The molecule has 2 amide bonds. The van der Waals surface area contributed by atoms with Gasteiger partial charge in [-0.3, -0.25) is 9.59 Å². The van der Waals surface area contributed by atoms with Crippen molar-refractivity contribution in [2.24, 2.45) is 0 Å². The van der Waals surface area contributed by atoms with Gasteiger partial charge < -0.3 is 25.1 Å². The fourth-order valence-electron chi connectivity index (χ4n) is 2.94. The highest BCUT2D eigenvalue weighted by atomic mass is 19.1. The van der Waals surface area contributed by atoms with Crippen molar-refractivity contribution in [1.29, 1.82) is 0 Å². The smallest absolute Gasteiger partial charge is 0.254 e. The van der Waals surface area contributed by atoms with Crippen molar-refractivity contribution in [3.63, 3.8) is 0 Å². The van der Waals surface area contributed by atoms with E-state index in [-0.39, 0.29) is 30.9 Å². The zero-order chi connectivity index (χ0) is 19.2. The number of rotatable bonds is 6. The van der Waals surface area contributed by atoms with E-state index >= 15 is 0 Å². The van der Waals surface area contributed by atoms with Gasteiger partial charge in [0.2, 0.25) is 5.91 Å². The normalized spacial score (nSPS) is 14.8. The zero-order valence-corrected chi connectivity index (χ0v) is 14.8. The highest BCUT2D eigenvalue weighted by Crippen LogP contribution is 2.24. The van der Waals surface area contributed by atoms with Crippen LogP contribution in [0, 0.1) is 5.82 Å². The number of benzene rings is 1. The molecule has 1 aliphatic heterocycles. The van der Waals surface area contributed by atoms with Gasteiger partial charge in [0.1, 0.15) is 12.1 Å². The molecule has 2 aromatic rings. The van der Waals surface area contributed by atoms with Gasteiger partial charge in [0.15, 0.2) is 0 Å². The van der Waals surface area contributed by atoms with Crippen LogP contribution in [0.15, 0.2) is 41.2 Å². The number of halogens is 1. The van der Waals surface area contributed by atoms with Gasteiger partial charge in [0, 0.05) is 19.6 Å². The zero-order valence-electron chi connectivity index (χ0n) is 14.8. The lowest BCUT2D eigenvalue weighted by Gasteiger charge is -2.31. The first kappa shape index (κ1) is 18.9. The molecule has 3 rings (SSSR count). The Morgan fingerprint density at radius 2 is 2.00 bits per heavy atom. The molecular formula is C19H22FN3O4. The van der Waals surface area contributed by atoms with Crippen LogP contribution in [0.5, 0.6) is 0 Å². The predicted octanol–water partition coefficient (Wildman–Crippen LogP) is 1.43. The third kappa shape index (κ3) is 5.07. The summed E-state index contributed by atoms with van der Waals surface area (Å²) >= 11 is 0. The number of carbonyl (C=O) groups is 2. The number of nitrogens with zero attached hydrogens (tertiary/aromatic N) is 1. The van der Waals surface area contributed by atoms with Crippen LogP contribution in [-0.2, 0) is 11.3 Å². The molecule has 0 aliphatic carbocycles. The first-order chi connectivity index (χ1) is 13.0. The molecule has 0 radical (unpaired) electrons. The second-order valence-electron chi connectivity index (χ2n) is 6.48.